The van der Waals surface area contributed by atoms with Gasteiger partial charge in [0.2, 0.25) is 0 Å². The fourth-order valence-corrected chi connectivity index (χ4v) is 1.53. The molecule has 0 spiro atoms. The van der Waals surface area contributed by atoms with Gasteiger partial charge in [0.05, 0.1) is 0 Å². The molecule has 0 atom stereocenters. The summed E-state index contributed by atoms with van der Waals surface area (Å²) in [5.74, 6) is -1.52. The van der Waals surface area contributed by atoms with E-state index in [-0.39, 0.29) is 12.3 Å². The zero-order valence-corrected chi connectivity index (χ0v) is 10.5. The smallest absolute Gasteiger partial charge is 0.313 e. The number of carbonyl (C=O) groups excluding carboxylic acids is 2. The minimum absolute atomic E-state index is 0.0139. The molecule has 2 aromatic rings. The largest absolute Gasteiger partial charge is 0.508 e. The molecule has 6 nitrogen and oxygen atoms in total. The molecule has 2 rings (SSSR count). The van der Waals surface area contributed by atoms with E-state index >= 15 is 0 Å². The van der Waals surface area contributed by atoms with Crippen LogP contribution in [0.4, 0.5) is 5.69 Å². The highest BCUT2D eigenvalue weighted by molar-refractivity contribution is 6.39. The van der Waals surface area contributed by atoms with Crippen LogP contribution in [0.5, 0.6) is 5.75 Å². The molecule has 0 radical (unpaired) electrons. The summed E-state index contributed by atoms with van der Waals surface area (Å²) in [6.07, 6.45) is 3.21. The van der Waals surface area contributed by atoms with Gasteiger partial charge in [-0.3, -0.25) is 14.6 Å². The van der Waals surface area contributed by atoms with Crippen LogP contribution in [0.3, 0.4) is 0 Å². The van der Waals surface area contributed by atoms with Crippen LogP contribution in [-0.2, 0) is 16.1 Å². The number of pyridine rings is 1. The Labute approximate surface area is 115 Å². The van der Waals surface area contributed by atoms with Crippen LogP contribution >= 0.6 is 0 Å². The molecule has 2 amide bonds. The van der Waals surface area contributed by atoms with Crippen LogP contribution in [0.25, 0.3) is 0 Å². The number of hydrogen-bond donors (Lipinski definition) is 3. The van der Waals surface area contributed by atoms with Gasteiger partial charge in [-0.1, -0.05) is 6.07 Å². The third-order valence-electron chi connectivity index (χ3n) is 2.51. The van der Waals surface area contributed by atoms with Crippen molar-refractivity contribution >= 4 is 17.5 Å². The van der Waals surface area contributed by atoms with Crippen molar-refractivity contribution in [2.75, 3.05) is 5.32 Å². The quantitative estimate of drug-likeness (QED) is 0.727. The van der Waals surface area contributed by atoms with Crippen molar-refractivity contribution in [1.82, 2.24) is 10.3 Å². The Morgan fingerprint density at radius 3 is 2.55 bits per heavy atom. The first-order valence-electron chi connectivity index (χ1n) is 5.92. The molecule has 102 valence electrons. The number of phenols is 1. The van der Waals surface area contributed by atoms with E-state index in [1.807, 2.05) is 0 Å². The van der Waals surface area contributed by atoms with Crippen LogP contribution in [0.1, 0.15) is 5.56 Å². The van der Waals surface area contributed by atoms with Crippen molar-refractivity contribution < 1.29 is 14.7 Å². The van der Waals surface area contributed by atoms with Gasteiger partial charge in [0.25, 0.3) is 0 Å². The van der Waals surface area contributed by atoms with E-state index < -0.39 is 11.8 Å². The first-order valence-corrected chi connectivity index (χ1v) is 5.92. The fourth-order valence-electron chi connectivity index (χ4n) is 1.53. The predicted octanol–water partition coefficient (Wildman–Crippen LogP) is 1.04. The lowest BCUT2D eigenvalue weighted by molar-refractivity contribution is -0.136. The molecular formula is C14H13N3O3. The zero-order chi connectivity index (χ0) is 14.4. The predicted molar refractivity (Wildman–Crippen MR) is 72.8 cm³/mol. The Kier molecular flexibility index (Phi) is 4.28. The van der Waals surface area contributed by atoms with Crippen LogP contribution in [0, 0.1) is 0 Å². The van der Waals surface area contributed by atoms with Crippen LogP contribution in [0.15, 0.2) is 48.8 Å². The monoisotopic (exact) mass is 271 g/mol. The molecule has 0 aliphatic carbocycles. The van der Waals surface area contributed by atoms with Gasteiger partial charge in [0, 0.05) is 30.7 Å². The lowest BCUT2D eigenvalue weighted by atomic mass is 10.2. The highest BCUT2D eigenvalue weighted by Gasteiger charge is 2.13. The van der Waals surface area contributed by atoms with Gasteiger partial charge in [-0.05, 0) is 29.8 Å². The number of aromatic hydroxyl groups is 1. The number of anilines is 1. The Hall–Kier alpha value is -2.89. The van der Waals surface area contributed by atoms with Gasteiger partial charge < -0.3 is 15.7 Å². The second kappa shape index (κ2) is 6.33. The summed E-state index contributed by atoms with van der Waals surface area (Å²) in [5.41, 5.74) is 1.20. The number of benzene rings is 1. The number of rotatable bonds is 3. The molecule has 0 saturated carbocycles. The van der Waals surface area contributed by atoms with Crippen molar-refractivity contribution in [3.8, 4) is 5.75 Å². The van der Waals surface area contributed by atoms with E-state index in [1.165, 1.54) is 12.1 Å². The van der Waals surface area contributed by atoms with E-state index in [2.05, 4.69) is 15.6 Å². The van der Waals surface area contributed by atoms with Gasteiger partial charge in [0.15, 0.2) is 0 Å². The molecule has 0 bridgehead atoms. The third kappa shape index (κ3) is 3.81. The number of amides is 2. The van der Waals surface area contributed by atoms with Crippen LogP contribution < -0.4 is 10.6 Å². The molecule has 0 saturated heterocycles. The molecule has 3 N–H and O–H groups in total. The first-order chi connectivity index (χ1) is 9.65. The zero-order valence-electron chi connectivity index (χ0n) is 10.5. The summed E-state index contributed by atoms with van der Waals surface area (Å²) in [5, 5.41) is 14.1. The van der Waals surface area contributed by atoms with Crippen molar-refractivity contribution in [3.05, 3.63) is 54.4 Å². The maximum atomic E-state index is 11.6. The number of aromatic nitrogens is 1. The SMILES string of the molecule is O=C(NCc1ccncc1)C(=O)Nc1cccc(O)c1. The summed E-state index contributed by atoms with van der Waals surface area (Å²) in [7, 11) is 0. The van der Waals surface area contributed by atoms with E-state index in [1.54, 1.807) is 36.7 Å². The lowest BCUT2D eigenvalue weighted by Crippen LogP contribution is -2.34. The maximum absolute atomic E-state index is 11.6. The number of nitrogens with zero attached hydrogens (tertiary/aromatic N) is 1. The Bertz CT molecular complexity index is 614. The van der Waals surface area contributed by atoms with Crippen molar-refractivity contribution in [2.45, 2.75) is 6.54 Å². The Morgan fingerprint density at radius 1 is 1.10 bits per heavy atom. The number of nitrogens with one attached hydrogen (secondary N) is 2. The summed E-state index contributed by atoms with van der Waals surface area (Å²) >= 11 is 0. The second-order valence-corrected chi connectivity index (χ2v) is 4.04. The normalized spacial score (nSPS) is 9.80. The molecule has 0 aliphatic rings. The summed E-state index contributed by atoms with van der Waals surface area (Å²) in [6, 6.07) is 9.46. The first kappa shape index (κ1) is 13.5. The highest BCUT2D eigenvalue weighted by atomic mass is 16.3. The standard InChI is InChI=1S/C14H13N3O3/c18-12-3-1-2-11(8-12)17-14(20)13(19)16-9-10-4-6-15-7-5-10/h1-8,18H,9H2,(H,16,19)(H,17,20). The second-order valence-electron chi connectivity index (χ2n) is 4.04. The van der Waals surface area contributed by atoms with Gasteiger partial charge in [-0.25, -0.2) is 0 Å². The van der Waals surface area contributed by atoms with E-state index in [0.717, 1.165) is 5.56 Å². The third-order valence-corrected chi connectivity index (χ3v) is 2.51. The molecule has 1 heterocycles. The Morgan fingerprint density at radius 2 is 1.85 bits per heavy atom. The molecule has 1 aromatic carbocycles. The topological polar surface area (TPSA) is 91.3 Å². The van der Waals surface area contributed by atoms with E-state index in [9.17, 15) is 14.7 Å². The molecule has 1 aromatic heterocycles. The summed E-state index contributed by atoms with van der Waals surface area (Å²) in [6.45, 7) is 0.245. The fraction of sp³-hybridized carbons (Fsp3) is 0.0714. The van der Waals surface area contributed by atoms with Crippen LogP contribution in [-0.4, -0.2) is 21.9 Å². The lowest BCUT2D eigenvalue weighted by Gasteiger charge is -2.06. The maximum Gasteiger partial charge on any atom is 0.313 e. The van der Waals surface area contributed by atoms with Gasteiger partial charge in [-0.2, -0.15) is 0 Å². The van der Waals surface area contributed by atoms with Gasteiger partial charge in [0.1, 0.15) is 5.75 Å². The average molecular weight is 271 g/mol. The number of hydrogen-bond acceptors (Lipinski definition) is 4. The van der Waals surface area contributed by atoms with E-state index in [0.29, 0.717) is 5.69 Å². The Balaban J connectivity index is 1.88. The number of carbonyl (C=O) groups is 2. The van der Waals surface area contributed by atoms with E-state index in [4.69, 9.17) is 0 Å². The van der Waals surface area contributed by atoms with Crippen molar-refractivity contribution in [2.24, 2.45) is 0 Å². The van der Waals surface area contributed by atoms with Crippen molar-refractivity contribution in [3.63, 3.8) is 0 Å². The highest BCUT2D eigenvalue weighted by Crippen LogP contribution is 2.14. The molecule has 6 heteroatoms. The average Bonchev–Trinajstić information content (AvgIpc) is 2.46. The molecule has 0 aliphatic heterocycles. The minimum Gasteiger partial charge on any atom is -0.508 e. The molecule has 20 heavy (non-hydrogen) atoms. The minimum atomic E-state index is -0.787. The molecule has 0 fully saturated rings. The summed E-state index contributed by atoms with van der Waals surface area (Å²) in [4.78, 5) is 27.1. The summed E-state index contributed by atoms with van der Waals surface area (Å²) < 4.78 is 0. The van der Waals surface area contributed by atoms with Crippen LogP contribution in [0.2, 0.25) is 0 Å². The van der Waals surface area contributed by atoms with Crippen molar-refractivity contribution in [1.29, 1.82) is 0 Å². The number of phenolic OH excluding ortho intramolecular Hbond substituents is 1. The molecular weight excluding hydrogens is 258 g/mol. The van der Waals surface area contributed by atoms with Gasteiger partial charge >= 0.3 is 11.8 Å². The molecule has 0 unspecified atom stereocenters. The van der Waals surface area contributed by atoms with Gasteiger partial charge in [-0.15, -0.1) is 0 Å².